The Morgan fingerprint density at radius 3 is 2.33 bits per heavy atom. The third-order valence-corrected chi connectivity index (χ3v) is 3.06. The Hall–Kier alpha value is 0.0700. The summed E-state index contributed by atoms with van der Waals surface area (Å²) in [6, 6.07) is 0. The molecular weight excluding hydrogens is 183 g/mol. The van der Waals surface area contributed by atoms with Crippen molar-refractivity contribution in [2.75, 3.05) is 19.8 Å². The molecule has 1 aliphatic rings. The number of phosphoric acid groups is 1. The van der Waals surface area contributed by atoms with Crippen molar-refractivity contribution < 1.29 is 23.6 Å². The zero-order chi connectivity index (χ0) is 9.24. The van der Waals surface area contributed by atoms with Gasteiger partial charge in [-0.25, -0.2) is 4.57 Å². The number of aliphatic hydroxyl groups is 1. The molecule has 5 nitrogen and oxygen atoms in total. The molecule has 0 unspecified atom stereocenters. The van der Waals surface area contributed by atoms with Gasteiger partial charge in [0, 0.05) is 5.41 Å². The van der Waals surface area contributed by atoms with E-state index >= 15 is 0 Å². The van der Waals surface area contributed by atoms with Gasteiger partial charge in [0.25, 0.3) is 0 Å². The van der Waals surface area contributed by atoms with Crippen molar-refractivity contribution in [3.05, 3.63) is 0 Å². The van der Waals surface area contributed by atoms with Crippen LogP contribution in [-0.4, -0.2) is 29.8 Å². The maximum Gasteiger partial charge on any atom is 0.472 e. The molecule has 0 aliphatic carbocycles. The zero-order valence-electron chi connectivity index (χ0n) is 6.89. The highest BCUT2D eigenvalue weighted by molar-refractivity contribution is 7.47. The Morgan fingerprint density at radius 2 is 2.00 bits per heavy atom. The third-order valence-electron chi connectivity index (χ3n) is 2.15. The Bertz CT molecular complexity index is 186. The minimum absolute atomic E-state index is 0.0772. The van der Waals surface area contributed by atoms with Gasteiger partial charge in [-0.3, -0.25) is 9.05 Å². The summed E-state index contributed by atoms with van der Waals surface area (Å²) in [5, 5.41) is 8.98. The molecule has 1 heterocycles. The standard InChI is InChI=1S/C6H13O5P/c1-2-6(3-7)4-10-12(8,9)11-5-6/h7H,2-5H2,1H3,(H,8,9). The highest BCUT2D eigenvalue weighted by atomic mass is 31.2. The van der Waals surface area contributed by atoms with Gasteiger partial charge in [-0.05, 0) is 6.42 Å². The fourth-order valence-corrected chi connectivity index (χ4v) is 1.87. The van der Waals surface area contributed by atoms with Crippen molar-refractivity contribution in [2.45, 2.75) is 13.3 Å². The molecule has 1 rings (SSSR count). The van der Waals surface area contributed by atoms with E-state index in [2.05, 4.69) is 9.05 Å². The average Bonchev–Trinajstić information content (AvgIpc) is 2.06. The quantitative estimate of drug-likeness (QED) is 0.630. The van der Waals surface area contributed by atoms with E-state index in [4.69, 9.17) is 10.00 Å². The normalized spacial score (nSPS) is 42.9. The Balaban J connectivity index is 2.59. The van der Waals surface area contributed by atoms with Crippen LogP contribution in [0.25, 0.3) is 0 Å². The van der Waals surface area contributed by atoms with Crippen molar-refractivity contribution in [3.63, 3.8) is 0 Å². The van der Waals surface area contributed by atoms with Crippen LogP contribution < -0.4 is 0 Å². The van der Waals surface area contributed by atoms with Crippen LogP contribution in [0.3, 0.4) is 0 Å². The molecule has 0 atom stereocenters. The molecule has 1 aliphatic heterocycles. The minimum atomic E-state index is -3.80. The molecule has 0 aromatic carbocycles. The summed E-state index contributed by atoms with van der Waals surface area (Å²) in [7, 11) is -3.80. The summed E-state index contributed by atoms with van der Waals surface area (Å²) in [4.78, 5) is 8.83. The van der Waals surface area contributed by atoms with Crippen molar-refractivity contribution in [2.24, 2.45) is 5.41 Å². The first kappa shape index (κ1) is 10.2. The Morgan fingerprint density at radius 1 is 1.50 bits per heavy atom. The molecule has 2 N–H and O–H groups in total. The van der Waals surface area contributed by atoms with E-state index < -0.39 is 13.2 Å². The summed E-state index contributed by atoms with van der Waals surface area (Å²) < 4.78 is 20.0. The fraction of sp³-hybridized carbons (Fsp3) is 1.00. The molecule has 0 spiro atoms. The largest absolute Gasteiger partial charge is 0.472 e. The number of aliphatic hydroxyl groups excluding tert-OH is 1. The molecule has 6 heteroatoms. The number of phosphoric ester groups is 1. The van der Waals surface area contributed by atoms with Gasteiger partial charge in [0.1, 0.15) is 0 Å². The van der Waals surface area contributed by atoms with E-state index in [-0.39, 0.29) is 19.8 Å². The Labute approximate surface area is 70.9 Å². The summed E-state index contributed by atoms with van der Waals surface area (Å²) in [5.74, 6) is 0. The smallest absolute Gasteiger partial charge is 0.396 e. The van der Waals surface area contributed by atoms with Crippen LogP contribution in [0.2, 0.25) is 0 Å². The summed E-state index contributed by atoms with van der Waals surface area (Å²) in [5.41, 5.74) is -0.503. The second-order valence-corrected chi connectivity index (χ2v) is 4.48. The molecule has 0 amide bonds. The second kappa shape index (κ2) is 3.44. The molecule has 72 valence electrons. The van der Waals surface area contributed by atoms with Gasteiger partial charge in [0.2, 0.25) is 0 Å². The second-order valence-electron chi connectivity index (χ2n) is 3.03. The topological polar surface area (TPSA) is 76.0 Å². The molecule has 0 radical (unpaired) electrons. The highest BCUT2D eigenvalue weighted by Gasteiger charge is 2.39. The van der Waals surface area contributed by atoms with Crippen LogP contribution in [0.1, 0.15) is 13.3 Å². The van der Waals surface area contributed by atoms with Crippen molar-refractivity contribution in [1.82, 2.24) is 0 Å². The van der Waals surface area contributed by atoms with E-state index in [9.17, 15) is 4.57 Å². The van der Waals surface area contributed by atoms with Gasteiger partial charge in [-0.2, -0.15) is 0 Å². The van der Waals surface area contributed by atoms with Crippen molar-refractivity contribution in [3.8, 4) is 0 Å². The van der Waals surface area contributed by atoms with Crippen LogP contribution in [0.15, 0.2) is 0 Å². The molecule has 0 saturated carbocycles. The van der Waals surface area contributed by atoms with Gasteiger partial charge >= 0.3 is 7.82 Å². The Kier molecular flexibility index (Phi) is 2.91. The van der Waals surface area contributed by atoms with E-state index in [1.807, 2.05) is 6.92 Å². The molecule has 12 heavy (non-hydrogen) atoms. The molecule has 1 fully saturated rings. The number of rotatable bonds is 2. The van der Waals surface area contributed by atoms with Crippen LogP contribution in [0, 0.1) is 5.41 Å². The van der Waals surface area contributed by atoms with Crippen LogP contribution >= 0.6 is 7.82 Å². The maximum absolute atomic E-state index is 10.8. The monoisotopic (exact) mass is 196 g/mol. The predicted octanol–water partition coefficient (Wildman–Crippen LogP) is 0.522. The average molecular weight is 196 g/mol. The van der Waals surface area contributed by atoms with Gasteiger partial charge in [0.15, 0.2) is 0 Å². The fourth-order valence-electron chi connectivity index (χ4n) is 0.923. The summed E-state index contributed by atoms with van der Waals surface area (Å²) in [6.45, 7) is 1.93. The summed E-state index contributed by atoms with van der Waals surface area (Å²) in [6.07, 6.45) is 0.656. The molecular formula is C6H13O5P. The van der Waals surface area contributed by atoms with Crippen LogP contribution in [0.4, 0.5) is 0 Å². The maximum atomic E-state index is 10.8. The third kappa shape index (κ3) is 2.06. The molecule has 0 aromatic heterocycles. The lowest BCUT2D eigenvalue weighted by atomic mass is 9.88. The van der Waals surface area contributed by atoms with Gasteiger partial charge in [0.05, 0.1) is 19.8 Å². The summed E-state index contributed by atoms with van der Waals surface area (Å²) >= 11 is 0. The lowest BCUT2D eigenvalue weighted by Gasteiger charge is -2.35. The van der Waals surface area contributed by atoms with Crippen molar-refractivity contribution in [1.29, 1.82) is 0 Å². The SMILES string of the molecule is CCC1(CO)COP(=O)(O)OC1. The van der Waals surface area contributed by atoms with E-state index in [1.54, 1.807) is 0 Å². The zero-order valence-corrected chi connectivity index (χ0v) is 7.79. The van der Waals surface area contributed by atoms with Crippen LogP contribution in [0.5, 0.6) is 0 Å². The lowest BCUT2D eigenvalue weighted by molar-refractivity contribution is -0.0388. The van der Waals surface area contributed by atoms with E-state index in [0.717, 1.165) is 0 Å². The van der Waals surface area contributed by atoms with E-state index in [1.165, 1.54) is 0 Å². The minimum Gasteiger partial charge on any atom is -0.396 e. The van der Waals surface area contributed by atoms with Crippen molar-refractivity contribution >= 4 is 7.82 Å². The van der Waals surface area contributed by atoms with Crippen LogP contribution in [-0.2, 0) is 13.6 Å². The number of hydrogen-bond donors (Lipinski definition) is 2. The van der Waals surface area contributed by atoms with E-state index in [0.29, 0.717) is 6.42 Å². The molecule has 1 saturated heterocycles. The van der Waals surface area contributed by atoms with Gasteiger partial charge in [-0.15, -0.1) is 0 Å². The highest BCUT2D eigenvalue weighted by Crippen LogP contribution is 2.50. The first-order valence-electron chi connectivity index (χ1n) is 3.76. The molecule has 0 bridgehead atoms. The molecule has 0 aromatic rings. The lowest BCUT2D eigenvalue weighted by Crippen LogP contribution is -2.38. The predicted molar refractivity (Wildman–Crippen MR) is 41.5 cm³/mol. The van der Waals surface area contributed by atoms with Gasteiger partial charge in [-0.1, -0.05) is 6.92 Å². The first-order valence-corrected chi connectivity index (χ1v) is 5.26. The number of hydrogen-bond acceptors (Lipinski definition) is 4. The van der Waals surface area contributed by atoms with Gasteiger partial charge < -0.3 is 10.00 Å². The first-order chi connectivity index (χ1) is 5.54.